The molecule has 1 atom stereocenters. The second-order valence-electron chi connectivity index (χ2n) is 6.07. The lowest BCUT2D eigenvalue weighted by Gasteiger charge is -2.26. The first-order valence-corrected chi connectivity index (χ1v) is 10.5. The molecule has 1 unspecified atom stereocenters. The summed E-state index contributed by atoms with van der Waals surface area (Å²) in [7, 11) is -1.60. The van der Waals surface area contributed by atoms with Gasteiger partial charge in [0.2, 0.25) is 0 Å². The molecule has 2 rings (SSSR count). The summed E-state index contributed by atoms with van der Waals surface area (Å²) >= 11 is 0. The fraction of sp³-hybridized carbons (Fsp3) is 0.222. The Labute approximate surface area is 122 Å². The average Bonchev–Trinajstić information content (AvgIpc) is 2.45. The minimum absolute atomic E-state index is 0.511. The summed E-state index contributed by atoms with van der Waals surface area (Å²) in [6.45, 7) is 6.82. The molecule has 1 N–H and O–H groups in total. The van der Waals surface area contributed by atoms with Gasteiger partial charge in [0.05, 0.1) is 14.2 Å². The monoisotopic (exact) mass is 282 g/mol. The predicted octanol–water partition coefficient (Wildman–Crippen LogP) is 4.68. The van der Waals surface area contributed by atoms with E-state index in [4.69, 9.17) is 0 Å². The zero-order valence-electron chi connectivity index (χ0n) is 12.4. The van der Waals surface area contributed by atoms with Gasteiger partial charge in [-0.1, -0.05) is 86.4 Å². The van der Waals surface area contributed by atoms with Crippen LogP contribution in [-0.4, -0.2) is 13.2 Å². The Balaban J connectivity index is 2.42. The second kappa shape index (κ2) is 6.20. The van der Waals surface area contributed by atoms with Gasteiger partial charge in [0.1, 0.15) is 0 Å². The zero-order chi connectivity index (χ0) is 14.6. The van der Waals surface area contributed by atoms with Gasteiger partial charge in [-0.2, -0.15) is 0 Å². The first-order chi connectivity index (χ1) is 9.48. The second-order valence-corrected chi connectivity index (χ2v) is 11.2. The SMILES string of the molecule is C[Si](C)(C)/C(=C\c1ccccc1)C(O)c1ccccc1. The summed E-state index contributed by atoms with van der Waals surface area (Å²) in [6, 6.07) is 20.1. The third-order valence-electron chi connectivity index (χ3n) is 3.40. The zero-order valence-corrected chi connectivity index (χ0v) is 13.4. The molecule has 0 aliphatic heterocycles. The molecule has 2 aromatic rings. The highest BCUT2D eigenvalue weighted by molar-refractivity contribution is 6.83. The van der Waals surface area contributed by atoms with E-state index in [1.54, 1.807) is 0 Å². The van der Waals surface area contributed by atoms with Crippen LogP contribution in [0.15, 0.2) is 65.9 Å². The molecule has 0 saturated heterocycles. The van der Waals surface area contributed by atoms with Crippen LogP contribution in [0.25, 0.3) is 6.08 Å². The molecule has 0 spiro atoms. The highest BCUT2D eigenvalue weighted by Crippen LogP contribution is 2.30. The number of hydrogen-bond acceptors (Lipinski definition) is 1. The van der Waals surface area contributed by atoms with Crippen LogP contribution in [0.5, 0.6) is 0 Å². The smallest absolute Gasteiger partial charge is 0.0969 e. The molecular formula is C18H22OSi. The summed E-state index contributed by atoms with van der Waals surface area (Å²) in [6.07, 6.45) is 1.65. The van der Waals surface area contributed by atoms with Gasteiger partial charge in [0, 0.05) is 0 Å². The van der Waals surface area contributed by atoms with Gasteiger partial charge >= 0.3 is 0 Å². The molecule has 20 heavy (non-hydrogen) atoms. The molecule has 0 aliphatic carbocycles. The van der Waals surface area contributed by atoms with E-state index < -0.39 is 14.2 Å². The van der Waals surface area contributed by atoms with Crippen LogP contribution in [0.1, 0.15) is 17.2 Å². The molecule has 0 bridgehead atoms. The Hall–Kier alpha value is -1.64. The van der Waals surface area contributed by atoms with Gasteiger partial charge in [0.15, 0.2) is 0 Å². The van der Waals surface area contributed by atoms with E-state index in [-0.39, 0.29) is 0 Å². The minimum Gasteiger partial charge on any atom is -0.384 e. The standard InChI is InChI=1S/C18H22OSi/c1-20(2,3)17(14-15-10-6-4-7-11-15)18(19)16-12-8-5-9-13-16/h4-14,18-19H,1-3H3/b17-14-. The van der Waals surface area contributed by atoms with Crippen molar-refractivity contribution < 1.29 is 5.11 Å². The summed E-state index contributed by atoms with van der Waals surface area (Å²) < 4.78 is 0. The van der Waals surface area contributed by atoms with E-state index in [1.165, 1.54) is 0 Å². The van der Waals surface area contributed by atoms with E-state index >= 15 is 0 Å². The maximum Gasteiger partial charge on any atom is 0.0969 e. The molecule has 0 aromatic heterocycles. The first kappa shape index (κ1) is 14.8. The van der Waals surface area contributed by atoms with Crippen molar-refractivity contribution in [3.63, 3.8) is 0 Å². The van der Waals surface area contributed by atoms with Crippen LogP contribution >= 0.6 is 0 Å². The van der Waals surface area contributed by atoms with Gasteiger partial charge in [-0.05, 0) is 16.3 Å². The van der Waals surface area contributed by atoms with Crippen LogP contribution in [0.4, 0.5) is 0 Å². The molecular weight excluding hydrogens is 260 g/mol. The summed E-state index contributed by atoms with van der Waals surface area (Å²) in [4.78, 5) is 0. The lowest BCUT2D eigenvalue weighted by molar-refractivity contribution is 0.223. The predicted molar refractivity (Wildman–Crippen MR) is 89.2 cm³/mol. The Morgan fingerprint density at radius 2 is 1.40 bits per heavy atom. The summed E-state index contributed by atoms with van der Waals surface area (Å²) in [5, 5.41) is 11.9. The summed E-state index contributed by atoms with van der Waals surface area (Å²) in [5.41, 5.74) is 2.12. The third kappa shape index (κ3) is 3.68. The van der Waals surface area contributed by atoms with Crippen molar-refractivity contribution in [2.45, 2.75) is 25.7 Å². The van der Waals surface area contributed by atoms with Gasteiger partial charge in [0.25, 0.3) is 0 Å². The molecule has 0 aliphatic rings. The minimum atomic E-state index is -1.60. The van der Waals surface area contributed by atoms with E-state index in [2.05, 4.69) is 37.8 Å². The van der Waals surface area contributed by atoms with Crippen molar-refractivity contribution in [3.05, 3.63) is 77.0 Å². The maximum atomic E-state index is 10.7. The number of aliphatic hydroxyl groups excluding tert-OH is 1. The van der Waals surface area contributed by atoms with Crippen molar-refractivity contribution in [1.82, 2.24) is 0 Å². The largest absolute Gasteiger partial charge is 0.384 e. The Kier molecular flexibility index (Phi) is 4.58. The molecule has 2 aromatic carbocycles. The number of hydrogen-bond donors (Lipinski definition) is 1. The van der Waals surface area contributed by atoms with Crippen LogP contribution in [0, 0.1) is 0 Å². The van der Waals surface area contributed by atoms with Gasteiger partial charge < -0.3 is 5.11 Å². The highest BCUT2D eigenvalue weighted by Gasteiger charge is 2.26. The van der Waals surface area contributed by atoms with Crippen molar-refractivity contribution in [2.24, 2.45) is 0 Å². The van der Waals surface area contributed by atoms with Crippen molar-refractivity contribution in [3.8, 4) is 0 Å². The molecule has 0 fully saturated rings. The van der Waals surface area contributed by atoms with Crippen LogP contribution in [0.2, 0.25) is 19.6 Å². The van der Waals surface area contributed by atoms with E-state index in [1.807, 2.05) is 48.5 Å². The Morgan fingerprint density at radius 3 is 1.90 bits per heavy atom. The van der Waals surface area contributed by atoms with E-state index in [9.17, 15) is 5.11 Å². The average molecular weight is 282 g/mol. The third-order valence-corrected chi connectivity index (χ3v) is 5.55. The number of aliphatic hydroxyl groups is 1. The van der Waals surface area contributed by atoms with Crippen molar-refractivity contribution >= 4 is 14.1 Å². The molecule has 104 valence electrons. The molecule has 1 nitrogen and oxygen atoms in total. The van der Waals surface area contributed by atoms with Crippen LogP contribution < -0.4 is 0 Å². The fourth-order valence-corrected chi connectivity index (χ4v) is 3.84. The van der Waals surface area contributed by atoms with Crippen LogP contribution in [-0.2, 0) is 0 Å². The van der Waals surface area contributed by atoms with E-state index in [0.717, 1.165) is 16.3 Å². The lowest BCUT2D eigenvalue weighted by atomic mass is 10.1. The van der Waals surface area contributed by atoms with Crippen LogP contribution in [0.3, 0.4) is 0 Å². The Morgan fingerprint density at radius 1 is 0.900 bits per heavy atom. The molecule has 2 heteroatoms. The normalized spacial score (nSPS) is 14.1. The quantitative estimate of drug-likeness (QED) is 0.807. The lowest BCUT2D eigenvalue weighted by Crippen LogP contribution is -2.28. The fourth-order valence-electron chi connectivity index (χ4n) is 2.25. The van der Waals surface area contributed by atoms with E-state index in [0.29, 0.717) is 0 Å². The molecule has 0 amide bonds. The highest BCUT2D eigenvalue weighted by atomic mass is 28.3. The van der Waals surface area contributed by atoms with Crippen molar-refractivity contribution in [2.75, 3.05) is 0 Å². The first-order valence-electron chi connectivity index (χ1n) is 6.98. The number of rotatable bonds is 4. The number of benzene rings is 2. The van der Waals surface area contributed by atoms with Gasteiger partial charge in [-0.25, -0.2) is 0 Å². The Bertz CT molecular complexity index is 567. The molecule has 0 saturated carbocycles. The molecule has 0 radical (unpaired) electrons. The van der Waals surface area contributed by atoms with Crippen molar-refractivity contribution in [1.29, 1.82) is 0 Å². The topological polar surface area (TPSA) is 20.2 Å². The van der Waals surface area contributed by atoms with Gasteiger partial charge in [-0.15, -0.1) is 0 Å². The maximum absolute atomic E-state index is 10.7. The summed E-state index contributed by atoms with van der Waals surface area (Å²) in [5.74, 6) is 0. The van der Waals surface area contributed by atoms with Gasteiger partial charge in [-0.3, -0.25) is 0 Å². The molecule has 0 heterocycles.